The van der Waals surface area contributed by atoms with Gasteiger partial charge in [-0.2, -0.15) is 0 Å². The van der Waals surface area contributed by atoms with Crippen molar-refractivity contribution in [3.8, 4) is 0 Å². The normalized spacial score (nSPS) is 10.0. The van der Waals surface area contributed by atoms with Crippen molar-refractivity contribution in [1.29, 1.82) is 0 Å². The molecule has 0 saturated heterocycles. The number of rotatable bonds is 3. The van der Waals surface area contributed by atoms with Crippen LogP contribution in [0.4, 0.5) is 0 Å². The van der Waals surface area contributed by atoms with Crippen LogP contribution in [0.3, 0.4) is 0 Å². The molecule has 0 aliphatic carbocycles. The van der Waals surface area contributed by atoms with Crippen molar-refractivity contribution >= 4 is 5.78 Å². The predicted molar refractivity (Wildman–Crippen MR) is 50.7 cm³/mol. The number of aromatic nitrogens is 1. The molecule has 13 heavy (non-hydrogen) atoms. The number of hydrogen-bond acceptors (Lipinski definition) is 2. The van der Waals surface area contributed by atoms with Crippen LogP contribution < -0.4 is 5.56 Å². The van der Waals surface area contributed by atoms with Crippen molar-refractivity contribution in [3.63, 3.8) is 0 Å². The number of carbonyl (C=O) groups excluding carboxylic acids is 1. The molecule has 0 bridgehead atoms. The molecule has 70 valence electrons. The summed E-state index contributed by atoms with van der Waals surface area (Å²) >= 11 is 0. The molecule has 3 heteroatoms. The fourth-order valence-corrected chi connectivity index (χ4v) is 1.08. The average Bonchev–Trinajstić information content (AvgIpc) is 2.13. The second-order valence-electron chi connectivity index (χ2n) is 3.02. The molecule has 1 aromatic heterocycles. The summed E-state index contributed by atoms with van der Waals surface area (Å²) in [5.74, 6) is 0.0766. The van der Waals surface area contributed by atoms with Crippen molar-refractivity contribution in [2.45, 2.75) is 26.8 Å². The summed E-state index contributed by atoms with van der Waals surface area (Å²) in [6.07, 6.45) is 2.11. The molecule has 0 unspecified atom stereocenters. The first-order chi connectivity index (χ1) is 6.15. The molecule has 0 aliphatic heterocycles. The van der Waals surface area contributed by atoms with Crippen LogP contribution in [0, 0.1) is 6.92 Å². The lowest BCUT2D eigenvalue weighted by molar-refractivity contribution is -0.119. The maximum atomic E-state index is 11.4. The third kappa shape index (κ3) is 2.28. The van der Waals surface area contributed by atoms with Gasteiger partial charge in [-0.25, -0.2) is 0 Å². The van der Waals surface area contributed by atoms with Crippen LogP contribution in [0.15, 0.2) is 23.1 Å². The lowest BCUT2D eigenvalue weighted by Gasteiger charge is -2.03. The summed E-state index contributed by atoms with van der Waals surface area (Å²) in [6, 6.07) is 3.52. The largest absolute Gasteiger partial charge is 0.308 e. The Morgan fingerprint density at radius 3 is 2.85 bits per heavy atom. The molecule has 0 radical (unpaired) electrons. The molecule has 0 atom stereocenters. The van der Waals surface area contributed by atoms with Crippen LogP contribution in [-0.2, 0) is 11.3 Å². The molecule has 0 N–H and O–H groups in total. The molecular formula is C10H13NO2. The van der Waals surface area contributed by atoms with Gasteiger partial charge >= 0.3 is 0 Å². The van der Waals surface area contributed by atoms with Crippen molar-refractivity contribution in [2.24, 2.45) is 0 Å². The van der Waals surface area contributed by atoms with Gasteiger partial charge in [-0.1, -0.05) is 13.0 Å². The molecule has 1 aromatic rings. The zero-order valence-electron chi connectivity index (χ0n) is 7.91. The topological polar surface area (TPSA) is 39.1 Å². The van der Waals surface area contributed by atoms with E-state index >= 15 is 0 Å². The minimum Gasteiger partial charge on any atom is -0.308 e. The Balaban J connectivity index is 2.96. The summed E-state index contributed by atoms with van der Waals surface area (Å²) in [6.45, 7) is 3.73. The van der Waals surface area contributed by atoms with E-state index < -0.39 is 0 Å². The van der Waals surface area contributed by atoms with Gasteiger partial charge in [0, 0.05) is 18.2 Å². The van der Waals surface area contributed by atoms with Crippen LogP contribution in [0.25, 0.3) is 0 Å². The van der Waals surface area contributed by atoms with Crippen molar-refractivity contribution in [1.82, 2.24) is 4.57 Å². The summed E-state index contributed by atoms with van der Waals surface area (Å²) in [7, 11) is 0. The highest BCUT2D eigenvalue weighted by molar-refractivity contribution is 5.77. The van der Waals surface area contributed by atoms with E-state index in [9.17, 15) is 9.59 Å². The van der Waals surface area contributed by atoms with E-state index in [-0.39, 0.29) is 17.9 Å². The number of nitrogens with zero attached hydrogens (tertiary/aromatic N) is 1. The van der Waals surface area contributed by atoms with E-state index in [0.717, 1.165) is 0 Å². The maximum Gasteiger partial charge on any atom is 0.253 e. The first kappa shape index (κ1) is 9.71. The van der Waals surface area contributed by atoms with Crippen LogP contribution in [0.5, 0.6) is 0 Å². The summed E-state index contributed by atoms with van der Waals surface area (Å²) in [5, 5.41) is 0. The minimum atomic E-state index is -0.0794. The molecule has 0 amide bonds. The van der Waals surface area contributed by atoms with Crippen LogP contribution in [0.1, 0.15) is 18.9 Å². The van der Waals surface area contributed by atoms with Crippen LogP contribution in [0.2, 0.25) is 0 Å². The molecule has 0 spiro atoms. The minimum absolute atomic E-state index is 0.0766. The second-order valence-corrected chi connectivity index (χ2v) is 3.02. The summed E-state index contributed by atoms with van der Waals surface area (Å²) in [4.78, 5) is 22.5. The van der Waals surface area contributed by atoms with Gasteiger partial charge in [-0.15, -0.1) is 0 Å². The van der Waals surface area contributed by atoms with Gasteiger partial charge in [-0.3, -0.25) is 9.59 Å². The number of pyridine rings is 1. The number of Topliss-reactive ketones (excluding diaryl/α,β-unsaturated/α-hetero) is 1. The van der Waals surface area contributed by atoms with E-state index in [1.807, 2.05) is 0 Å². The molecule has 0 fully saturated rings. The Kier molecular flexibility index (Phi) is 3.01. The predicted octanol–water partition coefficient (Wildman–Crippen LogP) is 1.14. The molecule has 0 aliphatic rings. The highest BCUT2D eigenvalue weighted by Crippen LogP contribution is 1.91. The molecule has 1 rings (SSSR count). The first-order valence-electron chi connectivity index (χ1n) is 4.33. The van der Waals surface area contributed by atoms with Gasteiger partial charge in [0.25, 0.3) is 5.56 Å². The van der Waals surface area contributed by atoms with Gasteiger partial charge in [0.05, 0.1) is 6.54 Å². The highest BCUT2D eigenvalue weighted by atomic mass is 16.1. The van der Waals surface area contributed by atoms with Crippen molar-refractivity contribution < 1.29 is 4.79 Å². The number of carbonyl (C=O) groups is 1. The van der Waals surface area contributed by atoms with Crippen LogP contribution in [-0.4, -0.2) is 10.4 Å². The van der Waals surface area contributed by atoms with Crippen molar-refractivity contribution in [3.05, 3.63) is 34.2 Å². The SMILES string of the molecule is CCC(=O)Cn1cccc(C)c1=O. The van der Waals surface area contributed by atoms with E-state index in [2.05, 4.69) is 0 Å². The van der Waals surface area contributed by atoms with Crippen molar-refractivity contribution in [2.75, 3.05) is 0 Å². The summed E-state index contributed by atoms with van der Waals surface area (Å²) < 4.78 is 1.45. The third-order valence-corrected chi connectivity index (χ3v) is 1.95. The van der Waals surface area contributed by atoms with Crippen LogP contribution >= 0.6 is 0 Å². The smallest absolute Gasteiger partial charge is 0.253 e. The fourth-order valence-electron chi connectivity index (χ4n) is 1.08. The monoisotopic (exact) mass is 179 g/mol. The van der Waals surface area contributed by atoms with E-state index in [1.54, 1.807) is 32.2 Å². The van der Waals surface area contributed by atoms with Gasteiger partial charge in [-0.05, 0) is 13.0 Å². The molecule has 1 heterocycles. The van der Waals surface area contributed by atoms with E-state index in [4.69, 9.17) is 0 Å². The van der Waals surface area contributed by atoms with Gasteiger partial charge in [0.2, 0.25) is 0 Å². The van der Waals surface area contributed by atoms with Gasteiger partial charge in [0.1, 0.15) is 0 Å². The Morgan fingerprint density at radius 2 is 2.23 bits per heavy atom. The van der Waals surface area contributed by atoms with E-state index in [0.29, 0.717) is 12.0 Å². The Bertz CT molecular complexity index is 365. The molecular weight excluding hydrogens is 166 g/mol. The average molecular weight is 179 g/mol. The third-order valence-electron chi connectivity index (χ3n) is 1.95. The standard InChI is InChI=1S/C10H13NO2/c1-3-9(12)7-11-6-4-5-8(2)10(11)13/h4-6H,3,7H2,1-2H3. The van der Waals surface area contributed by atoms with E-state index in [1.165, 1.54) is 4.57 Å². The highest BCUT2D eigenvalue weighted by Gasteiger charge is 2.02. The summed E-state index contributed by atoms with van der Waals surface area (Å²) in [5.41, 5.74) is 0.593. The fraction of sp³-hybridized carbons (Fsp3) is 0.400. The molecule has 0 saturated carbocycles. The number of hydrogen-bond donors (Lipinski definition) is 0. The molecule has 3 nitrogen and oxygen atoms in total. The van der Waals surface area contributed by atoms with Gasteiger partial charge in [0.15, 0.2) is 5.78 Å². The number of aryl methyl sites for hydroxylation is 1. The zero-order chi connectivity index (χ0) is 9.84. The Hall–Kier alpha value is -1.38. The number of ketones is 1. The zero-order valence-corrected chi connectivity index (χ0v) is 7.91. The Morgan fingerprint density at radius 1 is 1.54 bits per heavy atom. The van der Waals surface area contributed by atoms with Gasteiger partial charge < -0.3 is 4.57 Å². The molecule has 0 aromatic carbocycles. The Labute approximate surface area is 77.0 Å². The first-order valence-corrected chi connectivity index (χ1v) is 4.33. The quantitative estimate of drug-likeness (QED) is 0.697. The lowest BCUT2D eigenvalue weighted by Crippen LogP contribution is -2.24. The second kappa shape index (κ2) is 4.03. The lowest BCUT2D eigenvalue weighted by atomic mass is 10.3. The maximum absolute atomic E-state index is 11.4.